The summed E-state index contributed by atoms with van der Waals surface area (Å²) in [7, 11) is 0. The smallest absolute Gasteiger partial charge is 0.275 e. The van der Waals surface area contributed by atoms with Crippen molar-refractivity contribution in [2.75, 3.05) is 10.6 Å². The highest BCUT2D eigenvalue weighted by Gasteiger charge is 2.31. The van der Waals surface area contributed by atoms with Crippen LogP contribution >= 0.6 is 23.1 Å². The number of nitrogens with two attached hydrogens (primary N) is 1. The van der Waals surface area contributed by atoms with Crippen LogP contribution in [0.15, 0.2) is 101 Å². The third kappa shape index (κ3) is 2.99. The number of aromatic nitrogens is 1. The van der Waals surface area contributed by atoms with Crippen molar-refractivity contribution in [3.05, 3.63) is 95.9 Å². The Balaban J connectivity index is 1.49. The predicted molar refractivity (Wildman–Crippen MR) is 133 cm³/mol. The van der Waals surface area contributed by atoms with Gasteiger partial charge in [-0.05, 0) is 36.4 Å². The van der Waals surface area contributed by atoms with Crippen LogP contribution in [0.1, 0.15) is 9.67 Å². The Morgan fingerprint density at radius 3 is 2.09 bits per heavy atom. The van der Waals surface area contributed by atoms with Crippen molar-refractivity contribution in [2.24, 2.45) is 0 Å². The second kappa shape index (κ2) is 7.51. The number of thiophene rings is 1. The van der Waals surface area contributed by atoms with E-state index in [1.807, 2.05) is 91.0 Å². The Labute approximate surface area is 193 Å². The number of benzene rings is 3. The molecule has 32 heavy (non-hydrogen) atoms. The first-order valence-corrected chi connectivity index (χ1v) is 11.8. The summed E-state index contributed by atoms with van der Waals surface area (Å²) in [6, 6.07) is 29.8. The van der Waals surface area contributed by atoms with Crippen molar-refractivity contribution in [1.82, 2.24) is 4.98 Å². The van der Waals surface area contributed by atoms with Gasteiger partial charge in [0.15, 0.2) is 0 Å². The minimum Gasteiger partial charge on any atom is -0.397 e. The predicted octanol–water partition coefficient (Wildman–Crippen LogP) is 6.99. The summed E-state index contributed by atoms with van der Waals surface area (Å²) >= 11 is 3.02. The van der Waals surface area contributed by atoms with E-state index in [0.717, 1.165) is 42.6 Å². The van der Waals surface area contributed by atoms with Crippen molar-refractivity contribution in [2.45, 2.75) is 9.79 Å². The molecule has 0 spiro atoms. The van der Waals surface area contributed by atoms with Gasteiger partial charge in [-0.25, -0.2) is 4.98 Å². The van der Waals surface area contributed by atoms with Gasteiger partial charge >= 0.3 is 0 Å². The molecule has 0 radical (unpaired) electrons. The summed E-state index contributed by atoms with van der Waals surface area (Å²) in [6.45, 7) is 0. The molecule has 2 N–H and O–H groups in total. The van der Waals surface area contributed by atoms with Crippen LogP contribution in [-0.4, -0.2) is 10.9 Å². The highest BCUT2D eigenvalue weighted by molar-refractivity contribution is 7.99. The number of carbonyl (C=O) groups is 1. The van der Waals surface area contributed by atoms with E-state index in [0.29, 0.717) is 10.6 Å². The topological polar surface area (TPSA) is 59.2 Å². The number of pyridine rings is 1. The molecule has 0 aliphatic carbocycles. The fourth-order valence-corrected chi connectivity index (χ4v) is 6.03. The zero-order valence-corrected chi connectivity index (χ0v) is 18.5. The van der Waals surface area contributed by atoms with Crippen molar-refractivity contribution >= 4 is 56.3 Å². The van der Waals surface area contributed by atoms with Gasteiger partial charge in [0.25, 0.3) is 5.91 Å². The van der Waals surface area contributed by atoms with Gasteiger partial charge in [-0.2, -0.15) is 0 Å². The molecule has 1 aliphatic rings. The molecule has 0 fully saturated rings. The van der Waals surface area contributed by atoms with Crippen LogP contribution in [0, 0.1) is 0 Å². The first kappa shape index (κ1) is 19.1. The monoisotopic (exact) mass is 451 g/mol. The molecule has 6 rings (SSSR count). The Morgan fingerprint density at radius 2 is 1.41 bits per heavy atom. The van der Waals surface area contributed by atoms with E-state index in [-0.39, 0.29) is 5.91 Å². The molecule has 4 nitrogen and oxygen atoms in total. The number of fused-ring (bicyclic) bond motifs is 3. The third-order valence-electron chi connectivity index (χ3n) is 5.49. The fourth-order valence-electron chi connectivity index (χ4n) is 3.95. The molecule has 3 heterocycles. The summed E-state index contributed by atoms with van der Waals surface area (Å²) < 4.78 is 0. The van der Waals surface area contributed by atoms with Gasteiger partial charge in [0, 0.05) is 20.7 Å². The summed E-state index contributed by atoms with van der Waals surface area (Å²) in [5, 5.41) is 0.811. The standard InChI is InChI=1S/C26H17N3OS2/c27-23-17-14-15-18(16-8-2-1-3-9-16)28-25(17)32-24(23)26(30)29-19-10-4-6-12-21(19)31-22-13-7-5-11-20(22)29/h1-15H,27H2. The van der Waals surface area contributed by atoms with Gasteiger partial charge < -0.3 is 5.73 Å². The maximum atomic E-state index is 13.9. The van der Waals surface area contributed by atoms with Crippen LogP contribution < -0.4 is 10.6 Å². The number of anilines is 3. The molecule has 0 atom stereocenters. The van der Waals surface area contributed by atoms with Crippen molar-refractivity contribution in [3.8, 4) is 11.3 Å². The van der Waals surface area contributed by atoms with Gasteiger partial charge in [0.1, 0.15) is 9.71 Å². The van der Waals surface area contributed by atoms with Gasteiger partial charge in [0.2, 0.25) is 0 Å². The van der Waals surface area contributed by atoms with Gasteiger partial charge in [-0.3, -0.25) is 9.69 Å². The fraction of sp³-hybridized carbons (Fsp3) is 0. The largest absolute Gasteiger partial charge is 0.397 e. The van der Waals surface area contributed by atoms with Gasteiger partial charge in [0.05, 0.1) is 22.8 Å². The summed E-state index contributed by atoms with van der Waals surface area (Å²) in [5.41, 5.74) is 10.6. The zero-order valence-electron chi connectivity index (χ0n) is 16.9. The molecule has 154 valence electrons. The summed E-state index contributed by atoms with van der Waals surface area (Å²) in [4.78, 5) is 23.8. The second-order valence-electron chi connectivity index (χ2n) is 7.44. The van der Waals surface area contributed by atoms with E-state index >= 15 is 0 Å². The van der Waals surface area contributed by atoms with Crippen LogP contribution in [-0.2, 0) is 0 Å². The van der Waals surface area contributed by atoms with E-state index in [4.69, 9.17) is 10.7 Å². The third-order valence-corrected chi connectivity index (χ3v) is 7.73. The molecule has 1 amide bonds. The Hall–Kier alpha value is -3.61. The Bertz CT molecular complexity index is 1450. The minimum atomic E-state index is -0.132. The lowest BCUT2D eigenvalue weighted by atomic mass is 10.1. The highest BCUT2D eigenvalue weighted by atomic mass is 32.2. The van der Waals surface area contributed by atoms with E-state index in [1.54, 1.807) is 16.7 Å². The lowest BCUT2D eigenvalue weighted by Crippen LogP contribution is -2.28. The first-order valence-electron chi connectivity index (χ1n) is 10.2. The second-order valence-corrected chi connectivity index (χ2v) is 9.52. The van der Waals surface area contributed by atoms with Crippen LogP contribution in [0.4, 0.5) is 17.1 Å². The van der Waals surface area contributed by atoms with Crippen molar-refractivity contribution in [1.29, 1.82) is 0 Å². The minimum absolute atomic E-state index is 0.132. The number of rotatable bonds is 2. The van der Waals surface area contributed by atoms with E-state index in [1.165, 1.54) is 11.3 Å². The van der Waals surface area contributed by atoms with Gasteiger partial charge in [-0.15, -0.1) is 11.3 Å². The normalized spacial score (nSPS) is 12.4. The quantitative estimate of drug-likeness (QED) is 0.314. The van der Waals surface area contributed by atoms with E-state index in [2.05, 4.69) is 0 Å². The molecule has 0 bridgehead atoms. The van der Waals surface area contributed by atoms with E-state index in [9.17, 15) is 4.79 Å². The van der Waals surface area contributed by atoms with Gasteiger partial charge in [-0.1, -0.05) is 66.4 Å². The van der Waals surface area contributed by atoms with Crippen LogP contribution in [0.5, 0.6) is 0 Å². The SMILES string of the molecule is Nc1c(C(=O)N2c3ccccc3Sc3ccccc32)sc2nc(-c3ccccc3)ccc12. The number of para-hydroxylation sites is 2. The van der Waals surface area contributed by atoms with Crippen LogP contribution in [0.25, 0.3) is 21.5 Å². The molecule has 2 aromatic heterocycles. The first-order chi connectivity index (χ1) is 15.7. The van der Waals surface area contributed by atoms with Crippen LogP contribution in [0.3, 0.4) is 0 Å². The molecule has 5 aromatic rings. The number of carbonyl (C=O) groups excluding carboxylic acids is 1. The molecular weight excluding hydrogens is 434 g/mol. The molecular formula is C26H17N3OS2. The molecule has 0 saturated carbocycles. The summed E-state index contributed by atoms with van der Waals surface area (Å²) in [5.74, 6) is -0.132. The molecule has 0 unspecified atom stereocenters. The van der Waals surface area contributed by atoms with E-state index < -0.39 is 0 Å². The maximum absolute atomic E-state index is 13.9. The molecule has 3 aromatic carbocycles. The number of amides is 1. The summed E-state index contributed by atoms with van der Waals surface area (Å²) in [6.07, 6.45) is 0. The average Bonchev–Trinajstić information content (AvgIpc) is 3.18. The highest BCUT2D eigenvalue weighted by Crippen LogP contribution is 2.49. The number of hydrogen-bond acceptors (Lipinski definition) is 5. The van der Waals surface area contributed by atoms with Crippen molar-refractivity contribution < 1.29 is 4.79 Å². The lowest BCUT2D eigenvalue weighted by Gasteiger charge is -2.30. The lowest BCUT2D eigenvalue weighted by molar-refractivity contribution is 0.100. The number of nitrogens with zero attached hydrogens (tertiary/aromatic N) is 2. The average molecular weight is 452 g/mol. The molecule has 1 aliphatic heterocycles. The maximum Gasteiger partial charge on any atom is 0.275 e. The number of nitrogen functional groups attached to an aromatic ring is 1. The zero-order chi connectivity index (χ0) is 21.7. The Kier molecular flexibility index (Phi) is 4.48. The number of hydrogen-bond donors (Lipinski definition) is 1. The molecule has 6 heteroatoms. The Morgan fingerprint density at radius 1 is 0.781 bits per heavy atom. The van der Waals surface area contributed by atoms with Crippen LogP contribution in [0.2, 0.25) is 0 Å². The molecule has 0 saturated heterocycles. The van der Waals surface area contributed by atoms with Crippen molar-refractivity contribution in [3.63, 3.8) is 0 Å².